The summed E-state index contributed by atoms with van der Waals surface area (Å²) >= 11 is 7.75. The van der Waals surface area contributed by atoms with Gasteiger partial charge >= 0.3 is 0 Å². The van der Waals surface area contributed by atoms with E-state index in [4.69, 9.17) is 21.5 Å². The van der Waals surface area contributed by atoms with E-state index in [0.717, 1.165) is 52.2 Å². The number of fused-ring (bicyclic) bond motifs is 1. The Labute approximate surface area is 216 Å². The van der Waals surface area contributed by atoms with E-state index in [-0.39, 0.29) is 6.42 Å². The van der Waals surface area contributed by atoms with Crippen molar-refractivity contribution in [2.75, 3.05) is 44.9 Å². The van der Waals surface area contributed by atoms with Gasteiger partial charge in [-0.05, 0) is 29.6 Å². The molecule has 12 heteroatoms. The molecule has 192 valence electrons. The largest absolute Gasteiger partial charge is 0.748 e. The zero-order valence-corrected chi connectivity index (χ0v) is 22.7. The number of hydrogen-bond acceptors (Lipinski definition) is 7. The molecule has 0 fully saturated rings. The predicted molar refractivity (Wildman–Crippen MR) is 137 cm³/mol. The quantitative estimate of drug-likeness (QED) is 0.291. The monoisotopic (exact) mass is 543 g/mol. The molecule has 0 saturated heterocycles. The Balaban J connectivity index is 0.00000100. The third-order valence-electron chi connectivity index (χ3n) is 4.78. The Hall–Kier alpha value is -2.18. The van der Waals surface area contributed by atoms with E-state index in [0.29, 0.717) is 11.6 Å². The van der Waals surface area contributed by atoms with Gasteiger partial charge in [-0.15, -0.1) is 0 Å². The third-order valence-corrected chi connectivity index (χ3v) is 6.91. The van der Waals surface area contributed by atoms with Crippen molar-refractivity contribution in [3.8, 4) is 0 Å². The summed E-state index contributed by atoms with van der Waals surface area (Å²) in [6.45, 7) is 3.49. The molecule has 0 atom stereocenters. The van der Waals surface area contributed by atoms with Crippen LogP contribution in [0, 0.1) is 0 Å². The zero-order chi connectivity index (χ0) is 26.2. The van der Waals surface area contributed by atoms with Crippen LogP contribution in [0.5, 0.6) is 0 Å². The minimum atomic E-state index is -4.24. The minimum absolute atomic E-state index is 0.240. The highest BCUT2D eigenvalue weighted by atomic mass is 35.5. The molecule has 2 aromatic rings. The number of benzene rings is 1. The minimum Gasteiger partial charge on any atom is -0.748 e. The smallest absolute Gasteiger partial charge is 0.300 e. The molecule has 0 saturated carbocycles. The number of aromatic nitrogens is 2. The molecule has 1 aromatic carbocycles. The van der Waals surface area contributed by atoms with E-state index < -0.39 is 21.8 Å². The number of carbonyl (C=O) groups is 1. The van der Waals surface area contributed by atoms with Crippen LogP contribution in [0.3, 0.4) is 0 Å². The summed E-state index contributed by atoms with van der Waals surface area (Å²) < 4.78 is 36.0. The maximum atomic E-state index is 11.0. The van der Waals surface area contributed by atoms with Gasteiger partial charge < -0.3 is 19.0 Å². The van der Waals surface area contributed by atoms with Gasteiger partial charge in [0.1, 0.15) is 0 Å². The number of quaternary nitrogens is 1. The highest BCUT2D eigenvalue weighted by molar-refractivity contribution is 8.03. The molecule has 0 bridgehead atoms. The van der Waals surface area contributed by atoms with Crippen LogP contribution < -0.4 is 9.47 Å². The fourth-order valence-electron chi connectivity index (χ4n) is 3.28. The predicted octanol–water partition coefficient (Wildman–Crippen LogP) is 3.06. The van der Waals surface area contributed by atoms with Gasteiger partial charge in [0, 0.05) is 47.7 Å². The number of hydrogen-bond donors (Lipinski definition) is 1. The number of anilines is 1. The molecule has 1 aliphatic rings. The van der Waals surface area contributed by atoms with Crippen LogP contribution in [-0.2, 0) is 21.5 Å². The van der Waals surface area contributed by atoms with E-state index in [2.05, 4.69) is 30.7 Å². The van der Waals surface area contributed by atoms with Crippen molar-refractivity contribution in [3.63, 3.8) is 0 Å². The van der Waals surface area contributed by atoms with Crippen molar-refractivity contribution in [1.82, 2.24) is 4.98 Å². The van der Waals surface area contributed by atoms with Gasteiger partial charge in [-0.25, -0.2) is 13.0 Å². The van der Waals surface area contributed by atoms with Crippen molar-refractivity contribution < 1.29 is 31.9 Å². The molecule has 35 heavy (non-hydrogen) atoms. The number of thioether (sulfide) groups is 1. The lowest BCUT2D eigenvalue weighted by molar-refractivity contribution is -0.873. The molecule has 3 rings (SSSR count). The lowest BCUT2D eigenvalue weighted by Gasteiger charge is -2.23. The molecule has 0 spiro atoms. The van der Waals surface area contributed by atoms with E-state index in [1.807, 2.05) is 47.8 Å². The van der Waals surface area contributed by atoms with Gasteiger partial charge in [0.15, 0.2) is 5.69 Å². The average Bonchev–Trinajstić information content (AvgIpc) is 3.03. The second kappa shape index (κ2) is 12.7. The molecule has 0 radical (unpaired) electrons. The first-order valence-electron chi connectivity index (χ1n) is 11.0. The van der Waals surface area contributed by atoms with E-state index in [9.17, 15) is 13.0 Å². The molecular formula is C23H32ClN4O5S2+. The zero-order valence-electron chi connectivity index (χ0n) is 20.3. The molecule has 1 aliphatic heterocycles. The number of carboxylic acid groups (broad SMARTS) is 1. The van der Waals surface area contributed by atoms with Gasteiger partial charge in [-0.3, -0.25) is 4.79 Å². The normalized spacial score (nSPS) is 14.5. The van der Waals surface area contributed by atoms with E-state index in [1.165, 1.54) is 0 Å². The van der Waals surface area contributed by atoms with Crippen LogP contribution >= 0.6 is 23.4 Å². The molecule has 9 nitrogen and oxygen atoms in total. The van der Waals surface area contributed by atoms with Crippen molar-refractivity contribution in [3.05, 3.63) is 52.5 Å². The van der Waals surface area contributed by atoms with Crippen LogP contribution in [0.4, 0.5) is 5.69 Å². The number of rotatable bonds is 9. The van der Waals surface area contributed by atoms with Crippen LogP contribution in [0.1, 0.15) is 25.5 Å². The Morgan fingerprint density at radius 1 is 1.29 bits per heavy atom. The maximum absolute atomic E-state index is 11.0. The average molecular weight is 544 g/mol. The van der Waals surface area contributed by atoms with Gasteiger partial charge in [-0.2, -0.15) is 0 Å². The molecule has 0 aliphatic carbocycles. The molecule has 2 heterocycles. The Kier molecular flexibility index (Phi) is 10.5. The fraction of sp³-hybridized carbons (Fsp3) is 0.435. The van der Waals surface area contributed by atoms with Crippen LogP contribution in [-0.4, -0.2) is 73.5 Å². The van der Waals surface area contributed by atoms with Gasteiger partial charge in [0.25, 0.3) is 12.3 Å². The molecule has 1 N–H and O–H groups in total. The highest BCUT2D eigenvalue weighted by Gasteiger charge is 2.26. The number of carboxylic acids is 1. The van der Waals surface area contributed by atoms with Gasteiger partial charge in [0.2, 0.25) is 0 Å². The lowest BCUT2D eigenvalue weighted by atomic mass is 10.2. The summed E-state index contributed by atoms with van der Waals surface area (Å²) in [7, 11) is 2.30. The van der Waals surface area contributed by atoms with E-state index >= 15 is 0 Å². The summed E-state index contributed by atoms with van der Waals surface area (Å²) in [5.74, 6) is -1.23. The number of halogens is 1. The number of aliphatic carboxylic acids is 1. The first-order chi connectivity index (χ1) is 16.2. The summed E-state index contributed by atoms with van der Waals surface area (Å²) in [5.41, 5.74) is 1.73. The first-order valence-corrected chi connectivity index (χ1v) is 13.8. The molecular weight excluding hydrogens is 512 g/mol. The van der Waals surface area contributed by atoms with Crippen LogP contribution in [0.25, 0.3) is 6.08 Å². The Bertz CT molecular complexity index is 1150. The lowest BCUT2D eigenvalue weighted by Crippen LogP contribution is -2.40. The maximum Gasteiger partial charge on any atom is 0.300 e. The standard InChI is InChI=1S/C21H28ClN4O3S2.C2H4O2/c1-26(2,3)12-4-9-24-11-8-18(23-16-24)15-21-25(10-5-13-31(27,28)29)19-14-17(22)6-7-20(19)30-21;1-2(3)4/h6-8,11,14-16H,4-5,9-10,12-13H2,1-3H3;1H3,(H,3,4)/q+1;. The van der Waals surface area contributed by atoms with Crippen LogP contribution in [0.2, 0.25) is 5.02 Å². The van der Waals surface area contributed by atoms with Crippen molar-refractivity contribution in [1.29, 1.82) is 0 Å². The van der Waals surface area contributed by atoms with Gasteiger partial charge in [-0.1, -0.05) is 23.4 Å². The highest BCUT2D eigenvalue weighted by Crippen LogP contribution is 2.47. The van der Waals surface area contributed by atoms with Crippen molar-refractivity contribution in [2.45, 2.75) is 31.2 Å². The topological polar surface area (TPSA) is 115 Å². The number of aryl methyl sites for hydroxylation is 1. The summed E-state index contributed by atoms with van der Waals surface area (Å²) in [6.07, 6.45) is 7.14. The second-order valence-corrected chi connectivity index (χ2v) is 12.1. The third kappa shape index (κ3) is 11.0. The van der Waals surface area contributed by atoms with Gasteiger partial charge in [0.05, 0.1) is 61.3 Å². The molecule has 0 unspecified atom stereocenters. The SMILES string of the molecule is CC(=O)O.C[N+](C)(C)CCC[n+]1ccc(C=C2Sc3ccc(Cl)cc3N2CCCS(=O)(=O)[O-])nc1. The molecule has 0 amide bonds. The Morgan fingerprint density at radius 2 is 1.97 bits per heavy atom. The second-order valence-electron chi connectivity index (χ2n) is 9.07. The number of nitrogens with zero attached hydrogens (tertiary/aromatic N) is 4. The van der Waals surface area contributed by atoms with E-state index in [1.54, 1.807) is 11.8 Å². The summed E-state index contributed by atoms with van der Waals surface area (Å²) in [5, 5.41) is 8.95. The summed E-state index contributed by atoms with van der Waals surface area (Å²) in [6, 6.07) is 7.60. The van der Waals surface area contributed by atoms with Crippen LogP contribution in [0.15, 0.2) is 46.7 Å². The fourth-order valence-corrected chi connectivity index (χ4v) is 5.04. The first kappa shape index (κ1) is 29.1. The van der Waals surface area contributed by atoms with Crippen molar-refractivity contribution >= 4 is 51.2 Å². The summed E-state index contributed by atoms with van der Waals surface area (Å²) in [4.78, 5) is 16.6. The molecule has 1 aromatic heterocycles. The van der Waals surface area contributed by atoms with Crippen molar-refractivity contribution in [2.24, 2.45) is 0 Å². The Morgan fingerprint density at radius 3 is 2.54 bits per heavy atom.